The topological polar surface area (TPSA) is 39.1 Å². The van der Waals surface area contributed by atoms with Crippen LogP contribution in [-0.4, -0.2) is 16.1 Å². The van der Waals surface area contributed by atoms with Crippen molar-refractivity contribution < 1.29 is 9.59 Å². The number of carbonyl (C=O) groups is 2. The summed E-state index contributed by atoms with van der Waals surface area (Å²) in [7, 11) is 0. The summed E-state index contributed by atoms with van der Waals surface area (Å²) in [6.07, 6.45) is 1.34. The predicted octanol–water partition coefficient (Wildman–Crippen LogP) is 2.15. The van der Waals surface area contributed by atoms with Gasteiger partial charge in [0.2, 0.25) is 5.78 Å². The summed E-state index contributed by atoms with van der Waals surface area (Å²) in [5.74, 6) is 0.179. The van der Waals surface area contributed by atoms with E-state index in [1.165, 1.54) is 0 Å². The Kier molecular flexibility index (Phi) is 1.44. The normalized spacial score (nSPS) is 16.0. The van der Waals surface area contributed by atoms with Gasteiger partial charge >= 0.3 is 0 Å². The highest BCUT2D eigenvalue weighted by atomic mass is 16.1. The summed E-state index contributed by atoms with van der Waals surface area (Å²) >= 11 is 0. The second kappa shape index (κ2) is 2.74. The molecule has 1 aliphatic carbocycles. The van der Waals surface area contributed by atoms with E-state index in [0.717, 1.165) is 23.4 Å². The molecule has 0 saturated carbocycles. The van der Waals surface area contributed by atoms with Gasteiger partial charge in [-0.1, -0.05) is 12.1 Å². The van der Waals surface area contributed by atoms with Crippen LogP contribution in [0.1, 0.15) is 38.5 Å². The molecule has 82 valence electrons. The monoisotopic (exact) mass is 223 g/mol. The lowest BCUT2D eigenvalue weighted by atomic mass is 10.1. The first-order valence-corrected chi connectivity index (χ1v) is 5.69. The smallest absolute Gasteiger partial charge is 0.211 e. The van der Waals surface area contributed by atoms with E-state index in [-0.39, 0.29) is 11.6 Å². The van der Waals surface area contributed by atoms with Crippen LogP contribution < -0.4 is 0 Å². The molecular weight excluding hydrogens is 214 g/mol. The minimum absolute atomic E-state index is 0.0304. The van der Waals surface area contributed by atoms with E-state index >= 15 is 0 Å². The number of nitrogens with zero attached hydrogens (tertiary/aromatic N) is 1. The van der Waals surface area contributed by atoms with Crippen LogP contribution >= 0.6 is 0 Å². The maximum Gasteiger partial charge on any atom is 0.211 e. The largest absolute Gasteiger partial charge is 0.302 e. The van der Waals surface area contributed by atoms with Crippen molar-refractivity contribution in [3.8, 4) is 5.69 Å². The molecule has 0 fully saturated rings. The number of aromatic nitrogens is 1. The Labute approximate surface area is 97.7 Å². The molecule has 0 N–H and O–H groups in total. The number of rotatable bonds is 0. The van der Waals surface area contributed by atoms with Crippen LogP contribution in [0.2, 0.25) is 0 Å². The molecule has 0 bridgehead atoms. The Morgan fingerprint density at radius 3 is 2.76 bits per heavy atom. The molecule has 3 heteroatoms. The summed E-state index contributed by atoms with van der Waals surface area (Å²) in [4.78, 5) is 24.0. The van der Waals surface area contributed by atoms with Crippen molar-refractivity contribution in [2.45, 2.75) is 12.8 Å². The molecule has 3 nitrogen and oxygen atoms in total. The first kappa shape index (κ1) is 8.93. The number of hydrogen-bond acceptors (Lipinski definition) is 2. The number of carbonyl (C=O) groups excluding carboxylic acids is 2. The highest BCUT2D eigenvalue weighted by molar-refractivity contribution is 6.16. The van der Waals surface area contributed by atoms with Crippen molar-refractivity contribution in [3.63, 3.8) is 0 Å². The summed E-state index contributed by atoms with van der Waals surface area (Å²) in [6.45, 7) is 0. The van der Waals surface area contributed by atoms with Crippen molar-refractivity contribution in [1.82, 2.24) is 4.57 Å². The molecule has 0 radical (unpaired) electrons. The maximum absolute atomic E-state index is 12.2. The summed E-state index contributed by atoms with van der Waals surface area (Å²) < 4.78 is 1.84. The molecule has 2 heterocycles. The van der Waals surface area contributed by atoms with Gasteiger partial charge in [-0.15, -0.1) is 0 Å². The first-order chi connectivity index (χ1) is 8.27. The molecule has 2 aliphatic rings. The van der Waals surface area contributed by atoms with Crippen molar-refractivity contribution in [3.05, 3.63) is 52.8 Å². The molecule has 4 rings (SSSR count). The quantitative estimate of drug-likeness (QED) is 0.585. The number of benzene rings is 1. The predicted molar refractivity (Wildman–Crippen MR) is 61.9 cm³/mol. The summed E-state index contributed by atoms with van der Waals surface area (Å²) in [5.41, 5.74) is 3.93. The summed E-state index contributed by atoms with van der Waals surface area (Å²) in [6, 6.07) is 9.34. The van der Waals surface area contributed by atoms with Gasteiger partial charge in [-0.25, -0.2) is 0 Å². The number of ketones is 2. The summed E-state index contributed by atoms with van der Waals surface area (Å²) in [5, 5.41) is 0. The molecule has 1 aromatic carbocycles. The van der Waals surface area contributed by atoms with Gasteiger partial charge < -0.3 is 4.57 Å². The van der Waals surface area contributed by atoms with Gasteiger partial charge in [-0.3, -0.25) is 9.59 Å². The van der Waals surface area contributed by atoms with Crippen LogP contribution in [0.5, 0.6) is 0 Å². The van der Waals surface area contributed by atoms with E-state index in [0.29, 0.717) is 17.7 Å². The van der Waals surface area contributed by atoms with Crippen LogP contribution in [-0.2, 0) is 6.42 Å². The van der Waals surface area contributed by atoms with E-state index in [4.69, 9.17) is 0 Å². The lowest BCUT2D eigenvalue weighted by Crippen LogP contribution is -2.03. The van der Waals surface area contributed by atoms with Gasteiger partial charge in [0.05, 0.1) is 17.1 Å². The number of fused-ring (bicyclic) bond motifs is 5. The average molecular weight is 223 g/mol. The first-order valence-electron chi connectivity index (χ1n) is 5.69. The zero-order valence-corrected chi connectivity index (χ0v) is 9.06. The Bertz CT molecular complexity index is 694. The van der Waals surface area contributed by atoms with Crippen molar-refractivity contribution in [2.75, 3.05) is 0 Å². The van der Waals surface area contributed by atoms with Gasteiger partial charge in [-0.2, -0.15) is 0 Å². The van der Waals surface area contributed by atoms with Crippen molar-refractivity contribution in [1.29, 1.82) is 0 Å². The second-order valence-electron chi connectivity index (χ2n) is 4.51. The highest BCUT2D eigenvalue weighted by Crippen LogP contribution is 2.36. The number of Topliss-reactive ketones (excluding diaryl/α,β-unsaturated/α-hetero) is 1. The SMILES string of the molecule is O=C1c2ccccc2-n2c1cc1c2C(=O)CC1. The molecule has 1 aromatic heterocycles. The zero-order valence-electron chi connectivity index (χ0n) is 9.06. The van der Waals surface area contributed by atoms with E-state index < -0.39 is 0 Å². The third-order valence-corrected chi connectivity index (χ3v) is 3.59. The van der Waals surface area contributed by atoms with Gasteiger partial charge in [0.15, 0.2) is 5.78 Å². The highest BCUT2D eigenvalue weighted by Gasteiger charge is 2.35. The van der Waals surface area contributed by atoms with Crippen LogP contribution in [0.25, 0.3) is 5.69 Å². The van der Waals surface area contributed by atoms with Crippen molar-refractivity contribution in [2.24, 2.45) is 0 Å². The maximum atomic E-state index is 12.2. The fourth-order valence-corrected chi connectivity index (χ4v) is 2.84. The molecular formula is C14H9NO2. The third kappa shape index (κ3) is 0.923. The fourth-order valence-electron chi connectivity index (χ4n) is 2.84. The van der Waals surface area contributed by atoms with E-state index in [1.807, 2.05) is 34.9 Å². The Hall–Kier alpha value is -2.16. The van der Waals surface area contributed by atoms with Crippen molar-refractivity contribution >= 4 is 11.6 Å². The second-order valence-corrected chi connectivity index (χ2v) is 4.51. The standard InChI is InChI=1S/C14H9NO2/c16-12-6-5-8-7-11-14(17)9-3-1-2-4-10(9)15(11)13(8)12/h1-4,7H,5-6H2. The number of aryl methyl sites for hydroxylation is 1. The van der Waals surface area contributed by atoms with Gasteiger partial charge in [-0.05, 0) is 30.2 Å². The Morgan fingerprint density at radius 1 is 1.06 bits per heavy atom. The molecule has 1 aliphatic heterocycles. The third-order valence-electron chi connectivity index (χ3n) is 3.59. The van der Waals surface area contributed by atoms with Gasteiger partial charge in [0.25, 0.3) is 0 Å². The molecule has 0 spiro atoms. The molecule has 17 heavy (non-hydrogen) atoms. The lowest BCUT2D eigenvalue weighted by molar-refractivity contribution is 0.0988. The minimum Gasteiger partial charge on any atom is -0.302 e. The Morgan fingerprint density at radius 2 is 1.88 bits per heavy atom. The molecule has 0 unspecified atom stereocenters. The van der Waals surface area contributed by atoms with E-state index in [2.05, 4.69) is 0 Å². The lowest BCUT2D eigenvalue weighted by Gasteiger charge is -2.04. The van der Waals surface area contributed by atoms with E-state index in [9.17, 15) is 9.59 Å². The van der Waals surface area contributed by atoms with Crippen LogP contribution in [0.3, 0.4) is 0 Å². The van der Waals surface area contributed by atoms with Gasteiger partial charge in [0.1, 0.15) is 0 Å². The van der Waals surface area contributed by atoms with Crippen LogP contribution in [0.15, 0.2) is 30.3 Å². The zero-order chi connectivity index (χ0) is 11.6. The minimum atomic E-state index is 0.0304. The molecule has 0 amide bonds. The molecule has 2 aromatic rings. The van der Waals surface area contributed by atoms with Crippen LogP contribution in [0.4, 0.5) is 0 Å². The Balaban J connectivity index is 2.13. The molecule has 0 atom stereocenters. The fraction of sp³-hybridized carbons (Fsp3) is 0.143. The number of hydrogen-bond donors (Lipinski definition) is 0. The number of para-hydroxylation sites is 1. The van der Waals surface area contributed by atoms with Crippen LogP contribution in [0, 0.1) is 0 Å². The molecule has 0 saturated heterocycles. The van der Waals surface area contributed by atoms with Gasteiger partial charge in [0, 0.05) is 12.0 Å². The van der Waals surface area contributed by atoms with E-state index in [1.54, 1.807) is 0 Å². The average Bonchev–Trinajstić information content (AvgIpc) is 2.95.